The van der Waals surface area contributed by atoms with Crippen LogP contribution in [0.3, 0.4) is 0 Å². The van der Waals surface area contributed by atoms with Gasteiger partial charge in [0.2, 0.25) is 0 Å². The summed E-state index contributed by atoms with van der Waals surface area (Å²) in [6, 6.07) is 0.603. The van der Waals surface area contributed by atoms with Crippen molar-refractivity contribution in [1.82, 2.24) is 20.2 Å². The van der Waals surface area contributed by atoms with E-state index >= 15 is 0 Å². The van der Waals surface area contributed by atoms with Gasteiger partial charge in [0.1, 0.15) is 10.7 Å². The SMILES string of the molecule is Cc1sc2nc(CNCC3CCCN3C)[nH]c(=O)c2c1C. The third-order valence-electron chi connectivity index (χ3n) is 4.43. The number of likely N-dealkylation sites (N-methyl/N-ethyl adjacent to an activating group) is 1. The number of aromatic amines is 1. The number of aryl methyl sites for hydroxylation is 2. The number of hydrogen-bond acceptors (Lipinski definition) is 5. The molecule has 0 saturated carbocycles. The third kappa shape index (κ3) is 2.88. The second kappa shape index (κ2) is 5.87. The second-order valence-electron chi connectivity index (χ2n) is 5.88. The molecule has 1 atom stereocenters. The summed E-state index contributed by atoms with van der Waals surface area (Å²) in [6.07, 6.45) is 2.52. The van der Waals surface area contributed by atoms with Crippen LogP contribution in [0.4, 0.5) is 0 Å². The van der Waals surface area contributed by atoms with Crippen molar-refractivity contribution in [2.45, 2.75) is 39.3 Å². The summed E-state index contributed by atoms with van der Waals surface area (Å²) < 4.78 is 0. The Bertz CT molecular complexity index is 705. The van der Waals surface area contributed by atoms with Crippen molar-refractivity contribution in [3.63, 3.8) is 0 Å². The van der Waals surface area contributed by atoms with E-state index in [1.165, 1.54) is 24.3 Å². The molecule has 1 fully saturated rings. The zero-order chi connectivity index (χ0) is 15.0. The number of rotatable bonds is 4. The fraction of sp³-hybridized carbons (Fsp3) is 0.600. The Hall–Kier alpha value is -1.24. The van der Waals surface area contributed by atoms with Gasteiger partial charge in [-0.1, -0.05) is 0 Å². The lowest BCUT2D eigenvalue weighted by Crippen LogP contribution is -2.35. The van der Waals surface area contributed by atoms with Crippen molar-refractivity contribution in [2.75, 3.05) is 20.1 Å². The number of fused-ring (bicyclic) bond motifs is 1. The van der Waals surface area contributed by atoms with E-state index in [1.54, 1.807) is 11.3 Å². The van der Waals surface area contributed by atoms with Crippen LogP contribution in [0.25, 0.3) is 10.2 Å². The molecule has 21 heavy (non-hydrogen) atoms. The van der Waals surface area contributed by atoms with Gasteiger partial charge in [0, 0.05) is 17.5 Å². The van der Waals surface area contributed by atoms with Crippen LogP contribution in [0, 0.1) is 13.8 Å². The highest BCUT2D eigenvalue weighted by Gasteiger charge is 2.20. The average Bonchev–Trinajstić information content (AvgIpc) is 2.95. The maximum absolute atomic E-state index is 12.2. The molecule has 5 nitrogen and oxygen atoms in total. The van der Waals surface area contributed by atoms with Crippen molar-refractivity contribution in [3.05, 3.63) is 26.6 Å². The summed E-state index contributed by atoms with van der Waals surface area (Å²) in [6.45, 7) is 6.77. The van der Waals surface area contributed by atoms with Crippen LogP contribution in [0.2, 0.25) is 0 Å². The van der Waals surface area contributed by atoms with Gasteiger partial charge in [0.15, 0.2) is 0 Å². The molecule has 1 aliphatic rings. The van der Waals surface area contributed by atoms with E-state index in [2.05, 4.69) is 27.2 Å². The largest absolute Gasteiger partial charge is 0.309 e. The summed E-state index contributed by atoms with van der Waals surface area (Å²) in [5, 5.41) is 4.16. The van der Waals surface area contributed by atoms with Gasteiger partial charge in [-0.15, -0.1) is 11.3 Å². The summed E-state index contributed by atoms with van der Waals surface area (Å²) >= 11 is 1.60. The lowest BCUT2D eigenvalue weighted by atomic mass is 10.2. The Labute approximate surface area is 128 Å². The first-order chi connectivity index (χ1) is 10.1. The van der Waals surface area contributed by atoms with E-state index in [0.717, 1.165) is 28.1 Å². The second-order valence-corrected chi connectivity index (χ2v) is 7.09. The topological polar surface area (TPSA) is 61.0 Å². The number of H-pyrrole nitrogens is 1. The molecule has 114 valence electrons. The summed E-state index contributed by atoms with van der Waals surface area (Å²) in [7, 11) is 2.17. The predicted molar refractivity (Wildman–Crippen MR) is 87.1 cm³/mol. The monoisotopic (exact) mass is 306 g/mol. The standard InChI is InChI=1S/C15H22N4OS/c1-9-10(2)21-15-13(9)14(20)17-12(18-15)8-16-7-11-5-4-6-19(11)3/h11,16H,4-8H2,1-3H3,(H,17,18,20). The smallest absolute Gasteiger partial charge is 0.259 e. The van der Waals surface area contributed by atoms with Crippen LogP contribution in [0.1, 0.15) is 29.1 Å². The number of hydrogen-bond donors (Lipinski definition) is 2. The molecule has 1 saturated heterocycles. The summed E-state index contributed by atoms with van der Waals surface area (Å²) in [4.78, 5) is 24.1. The Morgan fingerprint density at radius 3 is 3.00 bits per heavy atom. The quantitative estimate of drug-likeness (QED) is 0.904. The van der Waals surface area contributed by atoms with Crippen LogP contribution in [-0.4, -0.2) is 41.0 Å². The van der Waals surface area contributed by atoms with Crippen LogP contribution in [-0.2, 0) is 6.54 Å². The zero-order valence-corrected chi connectivity index (χ0v) is 13.6. The Balaban J connectivity index is 1.71. The molecule has 0 aromatic carbocycles. The number of nitrogens with one attached hydrogen (secondary N) is 2. The molecule has 0 spiro atoms. The van der Waals surface area contributed by atoms with Crippen LogP contribution in [0.15, 0.2) is 4.79 Å². The Kier molecular flexibility index (Phi) is 4.10. The molecule has 2 aromatic rings. The molecule has 6 heteroatoms. The number of aromatic nitrogens is 2. The van der Waals surface area contributed by atoms with Gasteiger partial charge < -0.3 is 15.2 Å². The fourth-order valence-corrected chi connectivity index (χ4v) is 4.03. The first kappa shape index (κ1) is 14.7. The molecular formula is C15H22N4OS. The van der Waals surface area contributed by atoms with E-state index in [1.807, 2.05) is 13.8 Å². The van der Waals surface area contributed by atoms with E-state index in [4.69, 9.17) is 0 Å². The van der Waals surface area contributed by atoms with Crippen molar-refractivity contribution in [1.29, 1.82) is 0 Å². The molecular weight excluding hydrogens is 284 g/mol. The summed E-state index contributed by atoms with van der Waals surface area (Å²) in [5.41, 5.74) is 1.03. The van der Waals surface area contributed by atoms with Gasteiger partial charge in [0.05, 0.1) is 11.9 Å². The van der Waals surface area contributed by atoms with Gasteiger partial charge >= 0.3 is 0 Å². The maximum atomic E-state index is 12.2. The van der Waals surface area contributed by atoms with E-state index in [0.29, 0.717) is 12.6 Å². The first-order valence-electron chi connectivity index (χ1n) is 7.46. The molecule has 3 rings (SSSR count). The number of nitrogens with zero attached hydrogens (tertiary/aromatic N) is 2. The Morgan fingerprint density at radius 1 is 1.48 bits per heavy atom. The van der Waals surface area contributed by atoms with E-state index in [-0.39, 0.29) is 5.56 Å². The minimum absolute atomic E-state index is 0.0170. The van der Waals surface area contributed by atoms with Crippen molar-refractivity contribution < 1.29 is 0 Å². The van der Waals surface area contributed by atoms with Gasteiger partial charge in [-0.05, 0) is 45.8 Å². The lowest BCUT2D eigenvalue weighted by molar-refractivity contribution is 0.299. The summed E-state index contributed by atoms with van der Waals surface area (Å²) in [5.74, 6) is 0.731. The highest BCUT2D eigenvalue weighted by molar-refractivity contribution is 7.18. The van der Waals surface area contributed by atoms with Crippen molar-refractivity contribution in [2.24, 2.45) is 0 Å². The molecule has 2 N–H and O–H groups in total. The molecule has 3 heterocycles. The minimum Gasteiger partial charge on any atom is -0.309 e. The number of thiophene rings is 1. The highest BCUT2D eigenvalue weighted by Crippen LogP contribution is 2.25. The highest BCUT2D eigenvalue weighted by atomic mass is 32.1. The van der Waals surface area contributed by atoms with Gasteiger partial charge in [0.25, 0.3) is 5.56 Å². The van der Waals surface area contributed by atoms with Gasteiger partial charge in [-0.25, -0.2) is 4.98 Å². The zero-order valence-electron chi connectivity index (χ0n) is 12.8. The van der Waals surface area contributed by atoms with Crippen LogP contribution >= 0.6 is 11.3 Å². The normalized spacial score (nSPS) is 19.7. The molecule has 0 bridgehead atoms. The first-order valence-corrected chi connectivity index (χ1v) is 8.27. The van der Waals surface area contributed by atoms with Crippen molar-refractivity contribution in [3.8, 4) is 0 Å². The third-order valence-corrected chi connectivity index (χ3v) is 5.53. The lowest BCUT2D eigenvalue weighted by Gasteiger charge is -2.19. The minimum atomic E-state index is -0.0170. The molecule has 1 aliphatic heterocycles. The maximum Gasteiger partial charge on any atom is 0.259 e. The number of likely N-dealkylation sites (tertiary alicyclic amines) is 1. The van der Waals surface area contributed by atoms with Gasteiger partial charge in [-0.2, -0.15) is 0 Å². The Morgan fingerprint density at radius 2 is 2.29 bits per heavy atom. The van der Waals surface area contributed by atoms with Crippen molar-refractivity contribution >= 4 is 21.6 Å². The molecule has 0 radical (unpaired) electrons. The fourth-order valence-electron chi connectivity index (χ4n) is 2.98. The average molecular weight is 306 g/mol. The molecule has 0 aliphatic carbocycles. The molecule has 0 amide bonds. The predicted octanol–water partition coefficient (Wildman–Crippen LogP) is 1.79. The van der Waals surface area contributed by atoms with E-state index < -0.39 is 0 Å². The van der Waals surface area contributed by atoms with Gasteiger partial charge in [-0.3, -0.25) is 4.79 Å². The van der Waals surface area contributed by atoms with Crippen LogP contribution < -0.4 is 10.9 Å². The molecule has 2 aromatic heterocycles. The van der Waals surface area contributed by atoms with E-state index in [9.17, 15) is 4.79 Å². The van der Waals surface area contributed by atoms with Crippen LogP contribution in [0.5, 0.6) is 0 Å². The molecule has 1 unspecified atom stereocenters.